The number of aryl methyl sites for hydroxylation is 1. The highest BCUT2D eigenvalue weighted by molar-refractivity contribution is 5.90. The first-order chi connectivity index (χ1) is 6.70. The Hall–Kier alpha value is -1.35. The molecule has 0 saturated carbocycles. The summed E-state index contributed by atoms with van der Waals surface area (Å²) >= 11 is 0. The third-order valence-electron chi connectivity index (χ3n) is 2.73. The topological polar surface area (TPSA) is 49.3 Å². The maximum atomic E-state index is 11.0. The molecule has 1 aliphatic heterocycles. The van der Waals surface area contributed by atoms with E-state index in [-0.39, 0.29) is 6.04 Å². The van der Waals surface area contributed by atoms with Gasteiger partial charge in [-0.2, -0.15) is 0 Å². The molecule has 0 amide bonds. The molecule has 74 valence electrons. The van der Waals surface area contributed by atoms with Crippen molar-refractivity contribution in [1.29, 1.82) is 0 Å². The average molecular weight is 191 g/mol. The lowest BCUT2D eigenvalue weighted by Crippen LogP contribution is -2.36. The largest absolute Gasteiger partial charge is 0.478 e. The van der Waals surface area contributed by atoms with Gasteiger partial charge in [-0.15, -0.1) is 0 Å². The molecule has 1 aliphatic rings. The number of aromatic carboxylic acids is 1. The molecule has 1 saturated heterocycles. The van der Waals surface area contributed by atoms with Gasteiger partial charge < -0.3 is 10.4 Å². The molecule has 1 fully saturated rings. The van der Waals surface area contributed by atoms with Gasteiger partial charge in [-0.05, 0) is 37.1 Å². The molecule has 0 spiro atoms. The summed E-state index contributed by atoms with van der Waals surface area (Å²) < 4.78 is 0. The maximum Gasteiger partial charge on any atom is 0.336 e. The maximum absolute atomic E-state index is 11.0. The number of hydrogen-bond acceptors (Lipinski definition) is 2. The summed E-state index contributed by atoms with van der Waals surface area (Å²) in [6, 6.07) is 5.66. The van der Waals surface area contributed by atoms with Crippen molar-refractivity contribution in [1.82, 2.24) is 5.32 Å². The fraction of sp³-hybridized carbons (Fsp3) is 0.364. The second-order valence-electron chi connectivity index (χ2n) is 3.64. The molecule has 1 heterocycles. The van der Waals surface area contributed by atoms with E-state index in [1.54, 1.807) is 12.1 Å². The molecule has 2 rings (SSSR count). The van der Waals surface area contributed by atoms with Crippen LogP contribution in [0.5, 0.6) is 0 Å². The number of hydrogen-bond donors (Lipinski definition) is 2. The normalized spacial score (nSPS) is 20.2. The van der Waals surface area contributed by atoms with Gasteiger partial charge in [0.2, 0.25) is 0 Å². The van der Waals surface area contributed by atoms with Crippen LogP contribution >= 0.6 is 0 Å². The van der Waals surface area contributed by atoms with E-state index in [4.69, 9.17) is 5.11 Å². The first-order valence-electron chi connectivity index (χ1n) is 4.76. The molecule has 0 unspecified atom stereocenters. The zero-order valence-electron chi connectivity index (χ0n) is 8.08. The molecule has 1 aromatic carbocycles. The van der Waals surface area contributed by atoms with Gasteiger partial charge in [0.1, 0.15) is 0 Å². The zero-order valence-corrected chi connectivity index (χ0v) is 8.08. The molecule has 3 heteroatoms. The van der Waals surface area contributed by atoms with Crippen molar-refractivity contribution < 1.29 is 9.90 Å². The van der Waals surface area contributed by atoms with Gasteiger partial charge in [0.05, 0.1) is 5.56 Å². The third-order valence-corrected chi connectivity index (χ3v) is 2.73. The fourth-order valence-corrected chi connectivity index (χ4v) is 1.86. The number of benzene rings is 1. The number of carboxylic acid groups (broad SMARTS) is 1. The van der Waals surface area contributed by atoms with Crippen molar-refractivity contribution in [3.05, 3.63) is 34.9 Å². The van der Waals surface area contributed by atoms with Crippen molar-refractivity contribution in [2.24, 2.45) is 0 Å². The smallest absolute Gasteiger partial charge is 0.336 e. The number of nitrogens with one attached hydrogen (secondary N) is 1. The second kappa shape index (κ2) is 3.42. The Morgan fingerprint density at radius 1 is 1.57 bits per heavy atom. The van der Waals surface area contributed by atoms with Crippen LogP contribution in [0.25, 0.3) is 0 Å². The lowest BCUT2D eigenvalue weighted by Gasteiger charge is -2.30. The van der Waals surface area contributed by atoms with Crippen molar-refractivity contribution in [3.63, 3.8) is 0 Å². The van der Waals surface area contributed by atoms with E-state index in [1.807, 2.05) is 13.0 Å². The van der Waals surface area contributed by atoms with Crippen LogP contribution in [0.4, 0.5) is 0 Å². The van der Waals surface area contributed by atoms with Crippen LogP contribution in [-0.2, 0) is 0 Å². The third kappa shape index (κ3) is 1.40. The molecule has 0 bridgehead atoms. The van der Waals surface area contributed by atoms with Gasteiger partial charge in [-0.3, -0.25) is 0 Å². The molecule has 0 radical (unpaired) electrons. The highest BCUT2D eigenvalue weighted by Crippen LogP contribution is 2.28. The SMILES string of the molecule is Cc1cccc(C(=O)O)c1[C@@H]1CCN1. The van der Waals surface area contributed by atoms with Crippen LogP contribution in [0.1, 0.15) is 33.9 Å². The van der Waals surface area contributed by atoms with E-state index in [0.717, 1.165) is 24.1 Å². The fourth-order valence-electron chi connectivity index (χ4n) is 1.86. The summed E-state index contributed by atoms with van der Waals surface area (Å²) in [6.07, 6.45) is 1.03. The van der Waals surface area contributed by atoms with Gasteiger partial charge in [0, 0.05) is 6.04 Å². The van der Waals surface area contributed by atoms with Crippen LogP contribution in [0.3, 0.4) is 0 Å². The van der Waals surface area contributed by atoms with E-state index in [1.165, 1.54) is 0 Å². The van der Waals surface area contributed by atoms with Crippen LogP contribution in [0.15, 0.2) is 18.2 Å². The minimum atomic E-state index is -0.836. The van der Waals surface area contributed by atoms with Crippen molar-refractivity contribution in [3.8, 4) is 0 Å². The van der Waals surface area contributed by atoms with Crippen LogP contribution < -0.4 is 5.32 Å². The summed E-state index contributed by atoms with van der Waals surface area (Å²) in [6.45, 7) is 2.94. The van der Waals surface area contributed by atoms with Crippen molar-refractivity contribution >= 4 is 5.97 Å². The average Bonchev–Trinajstić information content (AvgIpc) is 2.04. The Kier molecular flexibility index (Phi) is 2.25. The minimum absolute atomic E-state index is 0.238. The van der Waals surface area contributed by atoms with Gasteiger partial charge in [-0.1, -0.05) is 12.1 Å². The van der Waals surface area contributed by atoms with Gasteiger partial charge in [0.25, 0.3) is 0 Å². The summed E-state index contributed by atoms with van der Waals surface area (Å²) in [7, 11) is 0. The molecule has 14 heavy (non-hydrogen) atoms. The standard InChI is InChI=1S/C11H13NO2/c1-7-3-2-4-8(11(13)14)10(7)9-5-6-12-9/h2-4,9,12H,5-6H2,1H3,(H,13,14)/t9-/m0/s1. The van der Waals surface area contributed by atoms with E-state index in [9.17, 15) is 4.79 Å². The Bertz CT molecular complexity index is 370. The first kappa shape index (κ1) is 9.21. The molecule has 0 aliphatic carbocycles. The van der Waals surface area contributed by atoms with E-state index in [2.05, 4.69) is 5.32 Å². The van der Waals surface area contributed by atoms with E-state index < -0.39 is 5.97 Å². The monoisotopic (exact) mass is 191 g/mol. The van der Waals surface area contributed by atoms with E-state index >= 15 is 0 Å². The Balaban J connectivity index is 2.47. The predicted molar refractivity (Wildman–Crippen MR) is 53.5 cm³/mol. The van der Waals surface area contributed by atoms with Gasteiger partial charge >= 0.3 is 5.97 Å². The summed E-state index contributed by atoms with van der Waals surface area (Å²) in [5.41, 5.74) is 2.44. The number of carbonyl (C=O) groups is 1. The second-order valence-corrected chi connectivity index (χ2v) is 3.64. The van der Waals surface area contributed by atoms with Gasteiger partial charge in [0.15, 0.2) is 0 Å². The number of carboxylic acids is 1. The Morgan fingerprint density at radius 3 is 2.79 bits per heavy atom. The minimum Gasteiger partial charge on any atom is -0.478 e. The lowest BCUT2D eigenvalue weighted by atomic mass is 9.90. The zero-order chi connectivity index (χ0) is 10.1. The molecule has 1 aromatic rings. The Labute approximate surface area is 82.8 Å². The van der Waals surface area contributed by atoms with Gasteiger partial charge in [-0.25, -0.2) is 4.79 Å². The molecule has 2 N–H and O–H groups in total. The first-order valence-corrected chi connectivity index (χ1v) is 4.76. The summed E-state index contributed by atoms with van der Waals surface area (Å²) in [5.74, 6) is -0.836. The van der Waals surface area contributed by atoms with Crippen molar-refractivity contribution in [2.45, 2.75) is 19.4 Å². The van der Waals surface area contributed by atoms with Crippen LogP contribution in [0.2, 0.25) is 0 Å². The van der Waals surface area contributed by atoms with E-state index in [0.29, 0.717) is 5.56 Å². The highest BCUT2D eigenvalue weighted by Gasteiger charge is 2.24. The molecular weight excluding hydrogens is 178 g/mol. The van der Waals surface area contributed by atoms with Crippen molar-refractivity contribution in [2.75, 3.05) is 6.54 Å². The molecule has 3 nitrogen and oxygen atoms in total. The highest BCUT2D eigenvalue weighted by atomic mass is 16.4. The lowest BCUT2D eigenvalue weighted by molar-refractivity contribution is 0.0694. The molecule has 0 aromatic heterocycles. The van der Waals surface area contributed by atoms with Crippen LogP contribution in [-0.4, -0.2) is 17.6 Å². The molecule has 1 atom stereocenters. The molecular formula is C11H13NO2. The summed E-state index contributed by atoms with van der Waals surface area (Å²) in [5, 5.41) is 12.3. The van der Waals surface area contributed by atoms with Crippen LogP contribution in [0, 0.1) is 6.92 Å². The predicted octanol–water partition coefficient (Wildman–Crippen LogP) is 1.73. The Morgan fingerprint density at radius 2 is 2.29 bits per heavy atom. The summed E-state index contributed by atoms with van der Waals surface area (Å²) in [4.78, 5) is 11.0. The number of rotatable bonds is 2. The quantitative estimate of drug-likeness (QED) is 0.748.